The van der Waals surface area contributed by atoms with Crippen molar-refractivity contribution < 1.29 is 18.9 Å². The Morgan fingerprint density at radius 3 is 1.88 bits per heavy atom. The van der Waals surface area contributed by atoms with Crippen LogP contribution in [0.5, 0.6) is 11.5 Å². The van der Waals surface area contributed by atoms with Crippen LogP contribution in [0.15, 0.2) is 48.5 Å². The first-order valence-corrected chi connectivity index (χ1v) is 12.8. The van der Waals surface area contributed by atoms with Crippen LogP contribution in [-0.2, 0) is 14.9 Å². The molecule has 0 radical (unpaired) electrons. The number of ether oxygens (including phenoxy) is 4. The molecule has 1 unspecified atom stereocenters. The van der Waals surface area contributed by atoms with E-state index < -0.39 is 0 Å². The smallest absolute Gasteiger partial charge is 0.119 e. The van der Waals surface area contributed by atoms with Gasteiger partial charge >= 0.3 is 0 Å². The number of hydrogen-bond donors (Lipinski definition) is 0. The summed E-state index contributed by atoms with van der Waals surface area (Å²) >= 11 is 0. The van der Waals surface area contributed by atoms with Gasteiger partial charge in [-0.3, -0.25) is 0 Å². The highest BCUT2D eigenvalue weighted by molar-refractivity contribution is 5.41. The first-order valence-electron chi connectivity index (χ1n) is 12.8. The fraction of sp³-hybridized carbons (Fsp3) is 0.586. The zero-order valence-corrected chi connectivity index (χ0v) is 20.4. The van der Waals surface area contributed by atoms with E-state index >= 15 is 0 Å². The summed E-state index contributed by atoms with van der Waals surface area (Å²) in [5.74, 6) is 2.92. The molecule has 0 N–H and O–H groups in total. The normalized spacial score (nSPS) is 17.7. The van der Waals surface area contributed by atoms with Gasteiger partial charge < -0.3 is 18.9 Å². The van der Waals surface area contributed by atoms with Crippen LogP contribution in [0.1, 0.15) is 69.9 Å². The molecule has 1 atom stereocenters. The van der Waals surface area contributed by atoms with Gasteiger partial charge in [-0.05, 0) is 47.7 Å². The van der Waals surface area contributed by atoms with Crippen molar-refractivity contribution in [2.24, 2.45) is 5.92 Å². The van der Waals surface area contributed by atoms with Crippen LogP contribution in [0.25, 0.3) is 0 Å². The van der Waals surface area contributed by atoms with Crippen LogP contribution in [-0.4, -0.2) is 39.1 Å². The van der Waals surface area contributed by atoms with Crippen molar-refractivity contribution in [2.45, 2.75) is 70.3 Å². The molecule has 180 valence electrons. The molecule has 1 saturated carbocycles. The quantitative estimate of drug-likeness (QED) is 0.214. The number of epoxide rings is 1. The van der Waals surface area contributed by atoms with Crippen molar-refractivity contribution >= 4 is 0 Å². The van der Waals surface area contributed by atoms with Crippen LogP contribution in [0.2, 0.25) is 0 Å². The van der Waals surface area contributed by atoms with Gasteiger partial charge in [-0.25, -0.2) is 0 Å². The summed E-state index contributed by atoms with van der Waals surface area (Å²) in [6, 6.07) is 17.1. The minimum absolute atomic E-state index is 0.0847. The summed E-state index contributed by atoms with van der Waals surface area (Å²) in [5.41, 5.74) is 2.47. The van der Waals surface area contributed by atoms with E-state index in [0.717, 1.165) is 43.5 Å². The summed E-state index contributed by atoms with van der Waals surface area (Å²) in [7, 11) is 0. The fourth-order valence-electron chi connectivity index (χ4n) is 4.14. The molecule has 2 aromatic rings. The summed E-state index contributed by atoms with van der Waals surface area (Å²) in [6.07, 6.45) is 9.35. The monoisotopic (exact) mass is 452 g/mol. The molecular weight excluding hydrogens is 412 g/mol. The molecule has 33 heavy (non-hydrogen) atoms. The zero-order chi connectivity index (χ0) is 22.9. The Bertz CT molecular complexity index is 750. The predicted octanol–water partition coefficient (Wildman–Crippen LogP) is 6.55. The van der Waals surface area contributed by atoms with Gasteiger partial charge in [0.15, 0.2) is 0 Å². The molecule has 1 saturated heterocycles. The maximum atomic E-state index is 5.96. The molecule has 1 aliphatic carbocycles. The number of hydrogen-bond acceptors (Lipinski definition) is 4. The lowest BCUT2D eigenvalue weighted by Crippen LogP contribution is -2.18. The molecule has 4 heteroatoms. The Balaban J connectivity index is 1.17. The van der Waals surface area contributed by atoms with E-state index in [1.165, 1.54) is 43.2 Å². The Morgan fingerprint density at radius 2 is 1.33 bits per heavy atom. The van der Waals surface area contributed by atoms with Gasteiger partial charge in [0.2, 0.25) is 0 Å². The van der Waals surface area contributed by atoms with Crippen LogP contribution in [0.3, 0.4) is 0 Å². The number of unbranched alkanes of at least 4 members (excludes halogenated alkanes) is 2. The molecule has 2 fully saturated rings. The Hall–Kier alpha value is -2.04. The molecule has 4 rings (SSSR count). The molecule has 0 spiro atoms. The van der Waals surface area contributed by atoms with E-state index in [0.29, 0.717) is 25.9 Å². The van der Waals surface area contributed by atoms with Crippen molar-refractivity contribution in [2.75, 3.05) is 33.0 Å². The third-order valence-electron chi connectivity index (χ3n) is 6.78. The van der Waals surface area contributed by atoms with E-state index in [9.17, 15) is 0 Å². The number of benzene rings is 2. The second-order valence-electron chi connectivity index (χ2n) is 10.0. The lowest BCUT2D eigenvalue weighted by Gasteiger charge is -2.26. The van der Waals surface area contributed by atoms with Gasteiger partial charge in [-0.1, -0.05) is 70.2 Å². The first-order chi connectivity index (χ1) is 16.1. The second kappa shape index (κ2) is 11.9. The topological polar surface area (TPSA) is 40.2 Å². The maximum absolute atomic E-state index is 5.96. The van der Waals surface area contributed by atoms with Crippen molar-refractivity contribution in [3.8, 4) is 11.5 Å². The summed E-state index contributed by atoms with van der Waals surface area (Å²) in [5, 5.41) is 0. The average molecular weight is 453 g/mol. The Kier molecular flexibility index (Phi) is 8.69. The fourth-order valence-corrected chi connectivity index (χ4v) is 4.14. The zero-order valence-electron chi connectivity index (χ0n) is 20.4. The molecule has 2 aromatic carbocycles. The van der Waals surface area contributed by atoms with Crippen molar-refractivity contribution in [1.29, 1.82) is 0 Å². The first kappa shape index (κ1) is 24.1. The molecule has 0 amide bonds. The second-order valence-corrected chi connectivity index (χ2v) is 10.0. The molecule has 0 aromatic heterocycles. The van der Waals surface area contributed by atoms with Crippen LogP contribution < -0.4 is 9.47 Å². The van der Waals surface area contributed by atoms with Gasteiger partial charge in [0, 0.05) is 18.4 Å². The van der Waals surface area contributed by atoms with Crippen LogP contribution >= 0.6 is 0 Å². The predicted molar refractivity (Wildman–Crippen MR) is 132 cm³/mol. The summed E-state index contributed by atoms with van der Waals surface area (Å²) in [4.78, 5) is 0. The third kappa shape index (κ3) is 8.04. The lowest BCUT2D eigenvalue weighted by atomic mass is 9.78. The molecule has 4 nitrogen and oxygen atoms in total. The van der Waals surface area contributed by atoms with Crippen molar-refractivity contribution in [3.05, 3.63) is 59.7 Å². The van der Waals surface area contributed by atoms with E-state index in [-0.39, 0.29) is 5.41 Å². The van der Waals surface area contributed by atoms with Crippen LogP contribution in [0.4, 0.5) is 0 Å². The highest BCUT2D eigenvalue weighted by Gasteiger charge is 2.24. The maximum Gasteiger partial charge on any atom is 0.119 e. The molecule has 0 bridgehead atoms. The third-order valence-corrected chi connectivity index (χ3v) is 6.78. The summed E-state index contributed by atoms with van der Waals surface area (Å²) < 4.78 is 22.5. The lowest BCUT2D eigenvalue weighted by molar-refractivity contribution is 0.104. The Labute approximate surface area is 199 Å². The highest BCUT2D eigenvalue weighted by Crippen LogP contribution is 2.34. The van der Waals surface area contributed by atoms with Gasteiger partial charge in [-0.2, -0.15) is 0 Å². The minimum atomic E-state index is -0.0847. The SMILES string of the molecule is CC(C)(c1ccc(OCCCCCC2CC2)cc1)c1ccc(OCCCOCC2CO2)cc1. The van der Waals surface area contributed by atoms with Crippen molar-refractivity contribution in [1.82, 2.24) is 0 Å². The minimum Gasteiger partial charge on any atom is -0.494 e. The Morgan fingerprint density at radius 1 is 0.758 bits per heavy atom. The largest absolute Gasteiger partial charge is 0.494 e. The van der Waals surface area contributed by atoms with Gasteiger partial charge in [0.25, 0.3) is 0 Å². The summed E-state index contributed by atoms with van der Waals surface area (Å²) in [6.45, 7) is 8.27. The van der Waals surface area contributed by atoms with Gasteiger partial charge in [0.05, 0.1) is 26.4 Å². The van der Waals surface area contributed by atoms with E-state index in [1.807, 2.05) is 0 Å². The molecule has 1 heterocycles. The van der Waals surface area contributed by atoms with Gasteiger partial charge in [-0.15, -0.1) is 0 Å². The van der Waals surface area contributed by atoms with E-state index in [1.54, 1.807) is 0 Å². The highest BCUT2D eigenvalue weighted by atomic mass is 16.6. The molecule has 1 aliphatic heterocycles. The van der Waals surface area contributed by atoms with E-state index in [4.69, 9.17) is 18.9 Å². The molecule has 2 aliphatic rings. The molecular formula is C29H40O4. The van der Waals surface area contributed by atoms with Crippen LogP contribution in [0, 0.1) is 5.92 Å². The van der Waals surface area contributed by atoms with E-state index in [2.05, 4.69) is 62.4 Å². The average Bonchev–Trinajstić information content (AvgIpc) is 3.75. The number of rotatable bonds is 16. The van der Waals surface area contributed by atoms with Crippen molar-refractivity contribution in [3.63, 3.8) is 0 Å². The van der Waals surface area contributed by atoms with Gasteiger partial charge in [0.1, 0.15) is 17.6 Å². The standard InChI is InChI=1S/C29H40O4/c1-29(2,24-10-14-26(15-11-24)31-19-5-3-4-7-23-8-9-23)25-12-16-27(17-13-25)32-20-6-18-30-21-28-22-33-28/h10-17,23,28H,3-9,18-22H2,1-2H3.